The molecule has 3 aromatic rings. The normalized spacial score (nSPS) is 10.5. The van der Waals surface area contributed by atoms with Gasteiger partial charge in [0.2, 0.25) is 0 Å². The first-order valence-corrected chi connectivity index (χ1v) is 8.11. The number of pyridine rings is 1. The third kappa shape index (κ3) is 4.25. The van der Waals surface area contributed by atoms with E-state index in [1.165, 1.54) is 5.56 Å². The highest BCUT2D eigenvalue weighted by Gasteiger charge is 2.07. The van der Waals surface area contributed by atoms with Gasteiger partial charge in [-0.25, -0.2) is 0 Å². The number of halogens is 1. The van der Waals surface area contributed by atoms with Crippen molar-refractivity contribution in [1.82, 2.24) is 10.3 Å². The maximum Gasteiger partial charge on any atom is 0.192 e. The van der Waals surface area contributed by atoms with E-state index >= 15 is 0 Å². The van der Waals surface area contributed by atoms with Crippen molar-refractivity contribution in [2.45, 2.75) is 26.3 Å². The summed E-state index contributed by atoms with van der Waals surface area (Å²) in [7, 11) is 0. The lowest BCUT2D eigenvalue weighted by molar-refractivity contribution is 0.639. The third-order valence-corrected chi connectivity index (χ3v) is 4.21. The minimum Gasteiger partial charge on any atom is -0.357 e. The van der Waals surface area contributed by atoms with Crippen LogP contribution in [0.4, 0.5) is 0 Å². The molecule has 0 aliphatic heterocycles. The van der Waals surface area contributed by atoms with Gasteiger partial charge in [0.25, 0.3) is 0 Å². The number of aromatic nitrogens is 1. The van der Waals surface area contributed by atoms with Crippen molar-refractivity contribution < 1.29 is 0 Å². The van der Waals surface area contributed by atoms with Gasteiger partial charge in [-0.1, -0.05) is 42.5 Å². The summed E-state index contributed by atoms with van der Waals surface area (Å²) in [5, 5.41) is 4.20. The van der Waals surface area contributed by atoms with Crippen LogP contribution in [-0.4, -0.2) is 11.5 Å². The van der Waals surface area contributed by atoms with Crippen LogP contribution in [0.2, 0.25) is 0 Å². The van der Waals surface area contributed by atoms with Crippen LogP contribution in [0.15, 0.2) is 59.4 Å². The Morgan fingerprint density at radius 2 is 1.71 bits per heavy atom. The van der Waals surface area contributed by atoms with Crippen LogP contribution in [0.1, 0.15) is 23.2 Å². The molecule has 1 heterocycles. The van der Waals surface area contributed by atoms with E-state index in [0.29, 0.717) is 6.54 Å². The van der Waals surface area contributed by atoms with E-state index in [9.17, 15) is 4.79 Å². The molecule has 0 fully saturated rings. The van der Waals surface area contributed by atoms with Crippen molar-refractivity contribution >= 4 is 23.3 Å². The number of rotatable bonds is 6. The summed E-state index contributed by atoms with van der Waals surface area (Å²) >= 11 is 0. The zero-order chi connectivity index (χ0) is 16.1. The Labute approximate surface area is 148 Å². The molecule has 0 bridgehead atoms. The van der Waals surface area contributed by atoms with Crippen molar-refractivity contribution in [3.05, 3.63) is 81.6 Å². The second-order valence-electron chi connectivity index (χ2n) is 5.87. The molecule has 24 heavy (non-hydrogen) atoms. The Morgan fingerprint density at radius 1 is 1.00 bits per heavy atom. The minimum atomic E-state index is 0. The second kappa shape index (κ2) is 8.67. The fourth-order valence-corrected chi connectivity index (χ4v) is 2.84. The molecule has 0 spiro atoms. The number of hydrogen-bond acceptors (Lipinski definition) is 2. The Bertz CT molecular complexity index is 843. The van der Waals surface area contributed by atoms with Gasteiger partial charge in [0.1, 0.15) is 0 Å². The van der Waals surface area contributed by atoms with E-state index in [1.807, 2.05) is 37.3 Å². The summed E-state index contributed by atoms with van der Waals surface area (Å²) in [6.07, 6.45) is 2.15. The van der Waals surface area contributed by atoms with Crippen molar-refractivity contribution in [3.63, 3.8) is 0 Å². The van der Waals surface area contributed by atoms with E-state index < -0.39 is 0 Å². The van der Waals surface area contributed by atoms with E-state index in [1.54, 1.807) is 0 Å². The zero-order valence-corrected chi connectivity index (χ0v) is 14.7. The van der Waals surface area contributed by atoms with Gasteiger partial charge in [0.15, 0.2) is 5.43 Å². The minimum absolute atomic E-state index is 0. The first-order chi connectivity index (χ1) is 11.3. The van der Waals surface area contributed by atoms with Crippen LogP contribution >= 0.6 is 12.4 Å². The molecule has 0 saturated carbocycles. The van der Waals surface area contributed by atoms with Gasteiger partial charge < -0.3 is 10.3 Å². The third-order valence-electron chi connectivity index (χ3n) is 4.21. The second-order valence-corrected chi connectivity index (χ2v) is 5.87. The molecular formula is C20H23ClN2O. The topological polar surface area (TPSA) is 44.9 Å². The molecule has 1 aromatic heterocycles. The summed E-state index contributed by atoms with van der Waals surface area (Å²) in [5.74, 6) is 0. The van der Waals surface area contributed by atoms with Gasteiger partial charge in [0.05, 0.1) is 0 Å². The first kappa shape index (κ1) is 18.2. The monoisotopic (exact) mass is 342 g/mol. The van der Waals surface area contributed by atoms with Crippen LogP contribution in [0.3, 0.4) is 0 Å². The van der Waals surface area contributed by atoms with Crippen molar-refractivity contribution in [3.8, 4) is 0 Å². The van der Waals surface area contributed by atoms with E-state index in [2.05, 4.69) is 34.6 Å². The molecule has 0 radical (unpaired) electrons. The molecule has 3 rings (SSSR count). The van der Waals surface area contributed by atoms with Crippen LogP contribution in [-0.2, 0) is 13.0 Å². The number of para-hydroxylation sites is 1. The van der Waals surface area contributed by atoms with Gasteiger partial charge in [-0.2, -0.15) is 0 Å². The van der Waals surface area contributed by atoms with Crippen LogP contribution in [0, 0.1) is 6.92 Å². The van der Waals surface area contributed by atoms with E-state index in [-0.39, 0.29) is 17.8 Å². The number of aromatic amines is 1. The lowest BCUT2D eigenvalue weighted by atomic mass is 10.1. The van der Waals surface area contributed by atoms with Gasteiger partial charge in [0, 0.05) is 28.7 Å². The lowest BCUT2D eigenvalue weighted by Gasteiger charge is -2.10. The van der Waals surface area contributed by atoms with Gasteiger partial charge >= 0.3 is 0 Å². The summed E-state index contributed by atoms with van der Waals surface area (Å²) in [5.41, 5.74) is 4.18. The Hall–Kier alpha value is -2.10. The van der Waals surface area contributed by atoms with Crippen molar-refractivity contribution in [2.75, 3.05) is 6.54 Å². The van der Waals surface area contributed by atoms with Crippen molar-refractivity contribution in [2.24, 2.45) is 0 Å². The number of H-pyrrole nitrogens is 1. The number of benzene rings is 2. The van der Waals surface area contributed by atoms with E-state index in [4.69, 9.17) is 0 Å². The Morgan fingerprint density at radius 3 is 2.50 bits per heavy atom. The zero-order valence-electron chi connectivity index (χ0n) is 13.8. The average molecular weight is 343 g/mol. The largest absolute Gasteiger partial charge is 0.357 e. The molecule has 0 unspecified atom stereocenters. The summed E-state index contributed by atoms with van der Waals surface area (Å²) in [6, 6.07) is 18.2. The molecule has 0 amide bonds. The van der Waals surface area contributed by atoms with Gasteiger partial charge in [-0.3, -0.25) is 4.79 Å². The molecule has 0 aliphatic rings. The number of aryl methyl sites for hydroxylation is 1. The Kier molecular flexibility index (Phi) is 6.59. The smallest absolute Gasteiger partial charge is 0.192 e. The predicted molar refractivity (Wildman–Crippen MR) is 103 cm³/mol. The highest BCUT2D eigenvalue weighted by molar-refractivity contribution is 5.85. The first-order valence-electron chi connectivity index (χ1n) is 8.11. The van der Waals surface area contributed by atoms with Crippen LogP contribution in [0.25, 0.3) is 10.9 Å². The van der Waals surface area contributed by atoms with Crippen LogP contribution < -0.4 is 10.7 Å². The molecule has 0 aliphatic carbocycles. The average Bonchev–Trinajstić information content (AvgIpc) is 2.60. The molecule has 126 valence electrons. The van der Waals surface area contributed by atoms with Gasteiger partial charge in [-0.15, -0.1) is 12.4 Å². The highest BCUT2D eigenvalue weighted by atomic mass is 35.5. The maximum absolute atomic E-state index is 12.4. The number of fused-ring (bicyclic) bond motifs is 1. The SMILES string of the molecule is Cc1c(CNCCCc2ccccc2)[nH]c2ccccc2c1=O.Cl. The van der Waals surface area contributed by atoms with Crippen molar-refractivity contribution in [1.29, 1.82) is 0 Å². The quantitative estimate of drug-likeness (QED) is 0.665. The number of hydrogen-bond donors (Lipinski definition) is 2. The molecule has 2 N–H and O–H groups in total. The molecule has 4 heteroatoms. The highest BCUT2D eigenvalue weighted by Crippen LogP contribution is 2.10. The Balaban J connectivity index is 0.00000208. The number of nitrogens with one attached hydrogen (secondary N) is 2. The molecule has 0 atom stereocenters. The fraction of sp³-hybridized carbons (Fsp3) is 0.250. The summed E-state index contributed by atoms with van der Waals surface area (Å²) < 4.78 is 0. The predicted octanol–water partition coefficient (Wildman–Crippen LogP) is 3.98. The lowest BCUT2D eigenvalue weighted by Crippen LogP contribution is -2.20. The maximum atomic E-state index is 12.4. The van der Waals surface area contributed by atoms with Gasteiger partial charge in [-0.05, 0) is 44.0 Å². The standard InChI is InChI=1S/C20H22N2O.ClH/c1-15-19(22-18-12-6-5-11-17(18)20(15)23)14-21-13-7-10-16-8-3-2-4-9-16;/h2-6,8-9,11-12,21H,7,10,13-14H2,1H3,(H,22,23);1H. The van der Waals surface area contributed by atoms with E-state index in [0.717, 1.165) is 41.5 Å². The molecule has 2 aromatic carbocycles. The summed E-state index contributed by atoms with van der Waals surface area (Å²) in [4.78, 5) is 15.8. The molecule has 3 nitrogen and oxygen atoms in total. The molecule has 0 saturated heterocycles. The van der Waals surface area contributed by atoms with Crippen LogP contribution in [0.5, 0.6) is 0 Å². The molecular weight excluding hydrogens is 320 g/mol. The fourth-order valence-electron chi connectivity index (χ4n) is 2.84. The summed E-state index contributed by atoms with van der Waals surface area (Å²) in [6.45, 7) is 3.52.